The quantitative estimate of drug-likeness (QED) is 0.144. The summed E-state index contributed by atoms with van der Waals surface area (Å²) >= 11 is 0. The minimum Gasteiger partial charge on any atom is -0.480 e. The van der Waals surface area contributed by atoms with E-state index < -0.39 is 78.4 Å². The van der Waals surface area contributed by atoms with Gasteiger partial charge in [0.25, 0.3) is 0 Å². The zero-order chi connectivity index (χ0) is 25.2. The Morgan fingerprint density at radius 3 is 1.62 bits per heavy atom. The van der Waals surface area contributed by atoms with Gasteiger partial charge in [-0.15, -0.1) is 0 Å². The fraction of sp³-hybridized carbons (Fsp3) is 0.684. The van der Waals surface area contributed by atoms with Crippen LogP contribution in [0, 0.1) is 11.8 Å². The van der Waals surface area contributed by atoms with Crippen molar-refractivity contribution < 1.29 is 33.9 Å². The summed E-state index contributed by atoms with van der Waals surface area (Å²) in [4.78, 5) is 71.3. The van der Waals surface area contributed by atoms with Crippen LogP contribution in [0.25, 0.3) is 0 Å². The number of carboxylic acids is 1. The number of carbonyl (C=O) groups is 6. The number of aliphatic carboxylic acids is 1. The Labute approximate surface area is 186 Å². The van der Waals surface area contributed by atoms with E-state index in [1.807, 2.05) is 0 Å². The van der Waals surface area contributed by atoms with E-state index in [2.05, 4.69) is 16.0 Å². The molecule has 4 unspecified atom stereocenters. The molecule has 32 heavy (non-hydrogen) atoms. The van der Waals surface area contributed by atoms with Gasteiger partial charge in [0, 0.05) is 0 Å². The molecule has 182 valence electrons. The third-order valence-electron chi connectivity index (χ3n) is 4.37. The second-order valence-corrected chi connectivity index (χ2v) is 8.27. The number of nitrogens with two attached hydrogens (primary N) is 3. The molecule has 4 atom stereocenters. The van der Waals surface area contributed by atoms with Crippen molar-refractivity contribution in [3.8, 4) is 0 Å². The highest BCUT2D eigenvalue weighted by molar-refractivity contribution is 5.96. The van der Waals surface area contributed by atoms with Crippen LogP contribution in [0.15, 0.2) is 0 Å². The smallest absolute Gasteiger partial charge is 0.326 e. The fourth-order valence-corrected chi connectivity index (χ4v) is 2.74. The largest absolute Gasteiger partial charge is 0.480 e. The molecule has 5 amide bonds. The summed E-state index contributed by atoms with van der Waals surface area (Å²) in [6.07, 6.45) is -0.874. The SMILES string of the molecule is CC(C)CC(NC(=O)C(N)CC(N)=O)C(=O)NC(CC(N)=O)C(=O)NC(C(=O)O)C(C)C. The van der Waals surface area contributed by atoms with Gasteiger partial charge in [-0.3, -0.25) is 24.0 Å². The number of hydrogen-bond donors (Lipinski definition) is 7. The van der Waals surface area contributed by atoms with Crippen LogP contribution in [0.2, 0.25) is 0 Å². The molecule has 0 aliphatic heterocycles. The number of rotatable bonds is 14. The first-order valence-electron chi connectivity index (χ1n) is 10.1. The van der Waals surface area contributed by atoms with E-state index in [-0.39, 0.29) is 12.3 Å². The molecule has 13 heteroatoms. The zero-order valence-electron chi connectivity index (χ0n) is 18.7. The number of hydrogen-bond acceptors (Lipinski definition) is 7. The Hall–Kier alpha value is -3.22. The molecule has 0 spiro atoms. The Bertz CT molecular complexity index is 725. The van der Waals surface area contributed by atoms with Crippen molar-refractivity contribution >= 4 is 35.5 Å². The Balaban J connectivity index is 5.53. The van der Waals surface area contributed by atoms with Crippen LogP contribution in [-0.2, 0) is 28.8 Å². The lowest BCUT2D eigenvalue weighted by atomic mass is 10.0. The molecule has 0 aliphatic carbocycles. The van der Waals surface area contributed by atoms with E-state index in [1.165, 1.54) is 0 Å². The predicted molar refractivity (Wildman–Crippen MR) is 113 cm³/mol. The summed E-state index contributed by atoms with van der Waals surface area (Å²) in [5.74, 6) is -6.06. The molecule has 0 bridgehead atoms. The first-order valence-corrected chi connectivity index (χ1v) is 10.1. The number of amides is 5. The molecular weight excluding hydrogens is 424 g/mol. The van der Waals surface area contributed by atoms with E-state index in [1.54, 1.807) is 27.7 Å². The first kappa shape index (κ1) is 28.8. The third kappa shape index (κ3) is 10.7. The molecule has 0 aromatic carbocycles. The van der Waals surface area contributed by atoms with Crippen molar-refractivity contribution in [1.29, 1.82) is 0 Å². The van der Waals surface area contributed by atoms with Gasteiger partial charge in [0.1, 0.15) is 18.1 Å². The average molecular weight is 459 g/mol. The van der Waals surface area contributed by atoms with E-state index in [9.17, 15) is 33.9 Å². The van der Waals surface area contributed by atoms with Gasteiger partial charge in [-0.2, -0.15) is 0 Å². The molecular formula is C19H34N6O7. The van der Waals surface area contributed by atoms with E-state index in [4.69, 9.17) is 17.2 Å². The molecule has 0 saturated heterocycles. The number of nitrogens with one attached hydrogen (secondary N) is 3. The van der Waals surface area contributed by atoms with Crippen molar-refractivity contribution in [2.24, 2.45) is 29.0 Å². The van der Waals surface area contributed by atoms with Gasteiger partial charge in [-0.25, -0.2) is 4.79 Å². The van der Waals surface area contributed by atoms with Gasteiger partial charge in [-0.05, 0) is 18.3 Å². The molecule has 0 heterocycles. The Morgan fingerprint density at radius 2 is 1.22 bits per heavy atom. The highest BCUT2D eigenvalue weighted by atomic mass is 16.4. The number of carbonyl (C=O) groups excluding carboxylic acids is 5. The van der Waals surface area contributed by atoms with Gasteiger partial charge in [0.05, 0.1) is 18.9 Å². The highest BCUT2D eigenvalue weighted by Crippen LogP contribution is 2.08. The standard InChI is InChI=1S/C19H34N6O7/c1-8(2)5-11(23-16(28)10(20)6-13(21)26)17(29)24-12(7-14(22)27)18(30)25-15(9(3)4)19(31)32/h8-12,15H,5-7,20H2,1-4H3,(H2,21,26)(H2,22,27)(H,23,28)(H,24,29)(H,25,30)(H,31,32). The predicted octanol–water partition coefficient (Wildman–Crippen LogP) is -2.69. The summed E-state index contributed by atoms with van der Waals surface area (Å²) in [5, 5.41) is 16.3. The summed E-state index contributed by atoms with van der Waals surface area (Å²) < 4.78 is 0. The van der Waals surface area contributed by atoms with Gasteiger partial charge >= 0.3 is 5.97 Å². The lowest BCUT2D eigenvalue weighted by molar-refractivity contribution is -0.143. The molecule has 0 fully saturated rings. The average Bonchev–Trinajstić information content (AvgIpc) is 2.62. The monoisotopic (exact) mass is 458 g/mol. The lowest BCUT2D eigenvalue weighted by Crippen LogP contribution is -2.58. The normalized spacial score (nSPS) is 14.7. The van der Waals surface area contributed by atoms with Crippen LogP contribution in [0.4, 0.5) is 0 Å². The second-order valence-electron chi connectivity index (χ2n) is 8.27. The van der Waals surface area contributed by atoms with Crippen LogP contribution in [0.1, 0.15) is 47.0 Å². The number of carboxylic acid groups (broad SMARTS) is 1. The molecule has 0 aromatic rings. The molecule has 0 rings (SSSR count). The fourth-order valence-electron chi connectivity index (χ4n) is 2.74. The second kappa shape index (κ2) is 13.2. The minimum absolute atomic E-state index is 0.0702. The van der Waals surface area contributed by atoms with Crippen molar-refractivity contribution in [1.82, 2.24) is 16.0 Å². The van der Waals surface area contributed by atoms with Crippen LogP contribution in [0.5, 0.6) is 0 Å². The molecule has 0 aromatic heterocycles. The van der Waals surface area contributed by atoms with Crippen molar-refractivity contribution in [2.45, 2.75) is 71.1 Å². The van der Waals surface area contributed by atoms with Gasteiger partial charge in [0.2, 0.25) is 29.5 Å². The van der Waals surface area contributed by atoms with Crippen molar-refractivity contribution in [3.05, 3.63) is 0 Å². The molecule has 0 radical (unpaired) electrons. The van der Waals surface area contributed by atoms with Crippen LogP contribution in [0.3, 0.4) is 0 Å². The Kier molecular flexibility index (Phi) is 11.9. The van der Waals surface area contributed by atoms with Gasteiger partial charge in [-0.1, -0.05) is 27.7 Å². The summed E-state index contributed by atoms with van der Waals surface area (Å²) in [7, 11) is 0. The van der Waals surface area contributed by atoms with Gasteiger partial charge in [0.15, 0.2) is 0 Å². The maximum absolute atomic E-state index is 12.8. The summed E-state index contributed by atoms with van der Waals surface area (Å²) in [6.45, 7) is 6.71. The molecule has 10 N–H and O–H groups in total. The third-order valence-corrected chi connectivity index (χ3v) is 4.37. The Morgan fingerprint density at radius 1 is 0.750 bits per heavy atom. The maximum Gasteiger partial charge on any atom is 0.326 e. The molecule has 13 nitrogen and oxygen atoms in total. The van der Waals surface area contributed by atoms with Crippen molar-refractivity contribution in [3.63, 3.8) is 0 Å². The van der Waals surface area contributed by atoms with E-state index in [0.29, 0.717) is 0 Å². The first-order chi connectivity index (χ1) is 14.6. The minimum atomic E-state index is -1.47. The van der Waals surface area contributed by atoms with Crippen LogP contribution < -0.4 is 33.2 Å². The van der Waals surface area contributed by atoms with E-state index >= 15 is 0 Å². The van der Waals surface area contributed by atoms with Gasteiger partial charge < -0.3 is 38.3 Å². The summed E-state index contributed by atoms with van der Waals surface area (Å²) in [5.41, 5.74) is 15.8. The summed E-state index contributed by atoms with van der Waals surface area (Å²) in [6, 6.07) is -5.15. The highest BCUT2D eigenvalue weighted by Gasteiger charge is 2.32. The van der Waals surface area contributed by atoms with E-state index in [0.717, 1.165) is 0 Å². The maximum atomic E-state index is 12.8. The van der Waals surface area contributed by atoms with Crippen LogP contribution in [-0.4, -0.2) is 64.8 Å². The lowest BCUT2D eigenvalue weighted by Gasteiger charge is -2.26. The molecule has 0 aliphatic rings. The topological polar surface area (TPSA) is 237 Å². The van der Waals surface area contributed by atoms with Crippen LogP contribution >= 0.6 is 0 Å². The zero-order valence-corrected chi connectivity index (χ0v) is 18.7. The number of primary amides is 2. The van der Waals surface area contributed by atoms with Crippen molar-refractivity contribution in [2.75, 3.05) is 0 Å². The molecule has 0 saturated carbocycles.